The number of nitrogens with one attached hydrogen (secondary N) is 1. The summed E-state index contributed by atoms with van der Waals surface area (Å²) in [6.07, 6.45) is 2.04. The summed E-state index contributed by atoms with van der Waals surface area (Å²) in [5, 5.41) is 2.87. The van der Waals surface area contributed by atoms with Crippen molar-refractivity contribution in [1.29, 1.82) is 0 Å². The summed E-state index contributed by atoms with van der Waals surface area (Å²) in [4.78, 5) is 14.2. The van der Waals surface area contributed by atoms with Crippen molar-refractivity contribution in [2.75, 3.05) is 40.4 Å². The van der Waals surface area contributed by atoms with Gasteiger partial charge in [-0.1, -0.05) is 24.0 Å². The summed E-state index contributed by atoms with van der Waals surface area (Å²) < 4.78 is 10.7. The molecule has 0 saturated carbocycles. The highest BCUT2D eigenvalue weighted by Gasteiger charge is 2.23. The fourth-order valence-electron chi connectivity index (χ4n) is 2.62. The zero-order valence-electron chi connectivity index (χ0n) is 13.8. The second-order valence-electron chi connectivity index (χ2n) is 5.61. The van der Waals surface area contributed by atoms with Gasteiger partial charge in [0.15, 0.2) is 11.5 Å². The van der Waals surface area contributed by atoms with Crippen LogP contribution in [-0.4, -0.2) is 51.2 Å². The SMILES string of the molecule is COc1ccccc1OCC#CCNC(=O)[C@@H]1CCCN(C)C1. The van der Waals surface area contributed by atoms with Crippen molar-refractivity contribution in [3.63, 3.8) is 0 Å². The van der Waals surface area contributed by atoms with E-state index in [1.807, 2.05) is 24.3 Å². The maximum Gasteiger partial charge on any atom is 0.225 e. The molecule has 0 unspecified atom stereocenters. The third kappa shape index (κ3) is 5.50. The number of likely N-dealkylation sites (tertiary alicyclic amines) is 1. The molecule has 1 aliphatic rings. The highest BCUT2D eigenvalue weighted by molar-refractivity contribution is 5.79. The molecule has 0 spiro atoms. The van der Waals surface area contributed by atoms with Gasteiger partial charge in [-0.2, -0.15) is 0 Å². The Morgan fingerprint density at radius 2 is 2.13 bits per heavy atom. The van der Waals surface area contributed by atoms with Gasteiger partial charge in [-0.3, -0.25) is 4.79 Å². The zero-order valence-corrected chi connectivity index (χ0v) is 13.8. The summed E-state index contributed by atoms with van der Waals surface area (Å²) in [6.45, 7) is 2.52. The minimum Gasteiger partial charge on any atom is -0.493 e. The number of nitrogens with zero attached hydrogens (tertiary/aromatic N) is 1. The molecule has 124 valence electrons. The number of hydrogen-bond acceptors (Lipinski definition) is 4. The minimum atomic E-state index is 0.0837. The minimum absolute atomic E-state index is 0.0837. The predicted molar refractivity (Wildman–Crippen MR) is 89.5 cm³/mol. The number of methoxy groups -OCH3 is 1. The Balaban J connectivity index is 1.69. The van der Waals surface area contributed by atoms with Crippen molar-refractivity contribution in [2.24, 2.45) is 5.92 Å². The largest absolute Gasteiger partial charge is 0.493 e. The Morgan fingerprint density at radius 3 is 2.87 bits per heavy atom. The Bertz CT molecular complexity index is 577. The predicted octanol–water partition coefficient (Wildman–Crippen LogP) is 1.54. The third-order valence-corrected chi connectivity index (χ3v) is 3.84. The number of carbonyl (C=O) groups excluding carboxylic acids is 1. The number of amides is 1. The van der Waals surface area contributed by atoms with Crippen LogP contribution in [0.3, 0.4) is 0 Å². The number of ether oxygens (including phenoxy) is 2. The van der Waals surface area contributed by atoms with Crippen LogP contribution >= 0.6 is 0 Å². The first-order valence-corrected chi connectivity index (χ1v) is 7.88. The van der Waals surface area contributed by atoms with E-state index in [0.29, 0.717) is 18.0 Å². The van der Waals surface area contributed by atoms with Gasteiger partial charge in [-0.05, 0) is 38.6 Å². The van der Waals surface area contributed by atoms with Crippen molar-refractivity contribution in [1.82, 2.24) is 10.2 Å². The molecule has 0 aromatic heterocycles. The molecule has 1 saturated heterocycles. The lowest BCUT2D eigenvalue weighted by molar-refractivity contribution is -0.126. The maximum atomic E-state index is 12.0. The molecule has 5 nitrogen and oxygen atoms in total. The molecule has 1 atom stereocenters. The highest BCUT2D eigenvalue weighted by atomic mass is 16.5. The van der Waals surface area contributed by atoms with Crippen LogP contribution in [0.1, 0.15) is 12.8 Å². The Kier molecular flexibility index (Phi) is 6.76. The quantitative estimate of drug-likeness (QED) is 0.837. The van der Waals surface area contributed by atoms with Crippen LogP contribution in [0.4, 0.5) is 0 Å². The molecule has 23 heavy (non-hydrogen) atoms. The van der Waals surface area contributed by atoms with E-state index in [-0.39, 0.29) is 18.4 Å². The van der Waals surface area contributed by atoms with Gasteiger partial charge in [0.2, 0.25) is 5.91 Å². The number of benzene rings is 1. The molecule has 0 aliphatic carbocycles. The van der Waals surface area contributed by atoms with E-state index in [1.165, 1.54) is 0 Å². The maximum absolute atomic E-state index is 12.0. The average Bonchev–Trinajstić information content (AvgIpc) is 2.58. The molecule has 0 radical (unpaired) electrons. The van der Waals surface area contributed by atoms with Gasteiger partial charge in [0.25, 0.3) is 0 Å². The van der Waals surface area contributed by atoms with E-state index in [4.69, 9.17) is 9.47 Å². The topological polar surface area (TPSA) is 50.8 Å². The van der Waals surface area contributed by atoms with E-state index in [0.717, 1.165) is 25.9 Å². The lowest BCUT2D eigenvalue weighted by Crippen LogP contribution is -2.41. The molecule has 5 heteroatoms. The van der Waals surface area contributed by atoms with Gasteiger partial charge in [0, 0.05) is 6.54 Å². The van der Waals surface area contributed by atoms with Crippen LogP contribution in [0.5, 0.6) is 11.5 Å². The molecule has 1 amide bonds. The second kappa shape index (κ2) is 9.06. The molecular formula is C18H24N2O3. The fourth-order valence-corrected chi connectivity index (χ4v) is 2.62. The number of para-hydroxylation sites is 2. The Labute approximate surface area is 138 Å². The molecule has 1 aromatic rings. The van der Waals surface area contributed by atoms with Gasteiger partial charge < -0.3 is 19.7 Å². The molecule has 0 bridgehead atoms. The number of rotatable bonds is 5. The lowest BCUT2D eigenvalue weighted by atomic mass is 9.98. The van der Waals surface area contributed by atoms with Crippen LogP contribution in [0, 0.1) is 17.8 Å². The summed E-state index contributed by atoms with van der Waals surface area (Å²) in [5.41, 5.74) is 0. The van der Waals surface area contributed by atoms with Crippen molar-refractivity contribution in [2.45, 2.75) is 12.8 Å². The summed E-state index contributed by atoms with van der Waals surface area (Å²) >= 11 is 0. The summed E-state index contributed by atoms with van der Waals surface area (Å²) in [6, 6.07) is 7.44. The molecule has 1 aromatic carbocycles. The molecule has 1 aliphatic heterocycles. The number of carbonyl (C=O) groups is 1. The normalized spacial score (nSPS) is 17.7. The van der Waals surface area contributed by atoms with Crippen molar-refractivity contribution in [3.05, 3.63) is 24.3 Å². The highest BCUT2D eigenvalue weighted by Crippen LogP contribution is 2.25. The monoisotopic (exact) mass is 316 g/mol. The van der Waals surface area contributed by atoms with Gasteiger partial charge in [-0.15, -0.1) is 0 Å². The van der Waals surface area contributed by atoms with E-state index < -0.39 is 0 Å². The molecule has 1 fully saturated rings. The van der Waals surface area contributed by atoms with Crippen molar-refractivity contribution in [3.8, 4) is 23.3 Å². The smallest absolute Gasteiger partial charge is 0.225 e. The molecular weight excluding hydrogens is 292 g/mol. The fraction of sp³-hybridized carbons (Fsp3) is 0.500. The summed E-state index contributed by atoms with van der Waals surface area (Å²) in [5.74, 6) is 7.34. The van der Waals surface area contributed by atoms with Crippen molar-refractivity contribution >= 4 is 5.91 Å². The lowest BCUT2D eigenvalue weighted by Gasteiger charge is -2.28. The van der Waals surface area contributed by atoms with Gasteiger partial charge in [0.05, 0.1) is 19.6 Å². The zero-order chi connectivity index (χ0) is 16.5. The first-order chi connectivity index (χ1) is 11.2. The van der Waals surface area contributed by atoms with Crippen LogP contribution in [0.15, 0.2) is 24.3 Å². The summed E-state index contributed by atoms with van der Waals surface area (Å²) in [7, 11) is 3.65. The second-order valence-corrected chi connectivity index (χ2v) is 5.61. The van der Waals surface area contributed by atoms with E-state index in [9.17, 15) is 4.79 Å². The molecule has 1 N–H and O–H groups in total. The Hall–Kier alpha value is -2.19. The number of hydrogen-bond donors (Lipinski definition) is 1. The van der Waals surface area contributed by atoms with Crippen LogP contribution in [0.25, 0.3) is 0 Å². The van der Waals surface area contributed by atoms with E-state index in [2.05, 4.69) is 29.1 Å². The third-order valence-electron chi connectivity index (χ3n) is 3.84. The average molecular weight is 316 g/mol. The van der Waals surface area contributed by atoms with Crippen LogP contribution in [0.2, 0.25) is 0 Å². The van der Waals surface area contributed by atoms with E-state index in [1.54, 1.807) is 7.11 Å². The van der Waals surface area contributed by atoms with Gasteiger partial charge in [-0.25, -0.2) is 0 Å². The van der Waals surface area contributed by atoms with Crippen molar-refractivity contribution < 1.29 is 14.3 Å². The first-order valence-electron chi connectivity index (χ1n) is 7.88. The molecule has 1 heterocycles. The standard InChI is InChI=1S/C18H24N2O3/c1-20-12-7-8-15(14-20)18(21)19-11-5-6-13-23-17-10-4-3-9-16(17)22-2/h3-4,9-10,15H,7-8,11-14H2,1-2H3,(H,19,21)/t15-/m1/s1. The molecule has 2 rings (SSSR count). The first kappa shape index (κ1) is 17.2. The van der Waals surface area contributed by atoms with Gasteiger partial charge in [0.1, 0.15) is 6.61 Å². The van der Waals surface area contributed by atoms with Gasteiger partial charge >= 0.3 is 0 Å². The number of piperidine rings is 1. The Morgan fingerprint density at radius 1 is 1.35 bits per heavy atom. The van der Waals surface area contributed by atoms with Crippen LogP contribution in [-0.2, 0) is 4.79 Å². The van der Waals surface area contributed by atoms with E-state index >= 15 is 0 Å². The van der Waals surface area contributed by atoms with Crippen LogP contribution < -0.4 is 14.8 Å².